The maximum Gasteiger partial charge on any atom is 0.0641 e. The molecule has 0 aliphatic heterocycles. The zero-order chi connectivity index (χ0) is 13.4. The lowest BCUT2D eigenvalue weighted by molar-refractivity contribution is 0.154. The van der Waals surface area contributed by atoms with E-state index in [0.29, 0.717) is 6.54 Å². The van der Waals surface area contributed by atoms with E-state index < -0.39 is 0 Å². The Balaban J connectivity index is 2.82. The summed E-state index contributed by atoms with van der Waals surface area (Å²) in [6.45, 7) is 8.14. The normalized spacial score (nSPS) is 10.7. The summed E-state index contributed by atoms with van der Waals surface area (Å²) in [5.74, 6) is 0. The van der Waals surface area contributed by atoms with E-state index in [4.69, 9.17) is 22.1 Å². The fourth-order valence-corrected chi connectivity index (χ4v) is 2.18. The molecule has 0 amide bonds. The summed E-state index contributed by atoms with van der Waals surface area (Å²) in [5.41, 5.74) is 8.08. The maximum atomic E-state index is 6.04. The summed E-state index contributed by atoms with van der Waals surface area (Å²) >= 11 is 6.04. The van der Waals surface area contributed by atoms with Gasteiger partial charge in [-0.3, -0.25) is 0 Å². The molecular formula is C14H23ClN2O. The van der Waals surface area contributed by atoms with Crippen LogP contribution >= 0.6 is 11.6 Å². The fraction of sp³-hybridized carbons (Fsp3) is 0.571. The predicted molar refractivity (Wildman–Crippen MR) is 78.6 cm³/mol. The third kappa shape index (κ3) is 4.48. The van der Waals surface area contributed by atoms with Gasteiger partial charge >= 0.3 is 0 Å². The molecule has 1 aromatic carbocycles. The molecule has 102 valence electrons. The Kier molecular flexibility index (Phi) is 7.09. The molecule has 0 aromatic heterocycles. The average Bonchev–Trinajstić information content (AvgIpc) is 2.36. The molecule has 1 aromatic rings. The first-order valence-electron chi connectivity index (χ1n) is 6.54. The molecule has 0 saturated heterocycles. The summed E-state index contributed by atoms with van der Waals surface area (Å²) in [6.07, 6.45) is 0.848. The lowest BCUT2D eigenvalue weighted by Gasteiger charge is -2.25. The summed E-state index contributed by atoms with van der Waals surface area (Å²) in [7, 11) is 0. The van der Waals surface area contributed by atoms with Gasteiger partial charge in [0.05, 0.1) is 6.61 Å². The molecule has 0 bridgehead atoms. The molecule has 0 spiro atoms. The molecule has 0 radical (unpaired) electrons. The molecule has 0 heterocycles. The summed E-state index contributed by atoms with van der Waals surface area (Å²) in [4.78, 5) is 2.30. The molecule has 1 rings (SSSR count). The number of benzene rings is 1. The van der Waals surface area contributed by atoms with Crippen molar-refractivity contribution in [2.75, 3.05) is 37.7 Å². The highest BCUT2D eigenvalue weighted by Crippen LogP contribution is 2.24. The number of ether oxygens (including phenoxy) is 1. The van der Waals surface area contributed by atoms with Crippen molar-refractivity contribution in [2.45, 2.75) is 20.3 Å². The molecule has 0 atom stereocenters. The Hall–Kier alpha value is -0.770. The zero-order valence-electron chi connectivity index (χ0n) is 11.3. The van der Waals surface area contributed by atoms with Crippen LogP contribution in [-0.2, 0) is 11.2 Å². The van der Waals surface area contributed by atoms with Gasteiger partial charge in [-0.15, -0.1) is 0 Å². The Morgan fingerprint density at radius 3 is 2.72 bits per heavy atom. The fourth-order valence-electron chi connectivity index (χ4n) is 1.99. The van der Waals surface area contributed by atoms with Crippen LogP contribution < -0.4 is 10.6 Å². The van der Waals surface area contributed by atoms with E-state index in [1.807, 2.05) is 19.1 Å². The minimum Gasteiger partial charge on any atom is -0.380 e. The quantitative estimate of drug-likeness (QED) is 0.738. The predicted octanol–water partition coefficient (Wildman–Crippen LogP) is 2.70. The number of nitrogens with zero attached hydrogens (tertiary/aromatic N) is 1. The SMILES string of the molecule is CCOCCN(CC)c1ccc(Cl)cc1CCN. The highest BCUT2D eigenvalue weighted by Gasteiger charge is 2.09. The van der Waals surface area contributed by atoms with E-state index in [0.717, 1.165) is 37.7 Å². The standard InChI is InChI=1S/C14H23ClN2O/c1-3-17(9-10-18-4-2)14-6-5-13(15)11-12(14)7-8-16/h5-6,11H,3-4,7-10,16H2,1-2H3. The van der Waals surface area contributed by atoms with Gasteiger partial charge in [-0.25, -0.2) is 0 Å². The van der Waals surface area contributed by atoms with E-state index in [1.165, 1.54) is 11.3 Å². The zero-order valence-corrected chi connectivity index (χ0v) is 12.0. The molecule has 18 heavy (non-hydrogen) atoms. The highest BCUT2D eigenvalue weighted by molar-refractivity contribution is 6.30. The molecule has 4 heteroatoms. The third-order valence-electron chi connectivity index (χ3n) is 2.89. The Morgan fingerprint density at radius 1 is 1.33 bits per heavy atom. The first-order valence-corrected chi connectivity index (χ1v) is 6.91. The first kappa shape index (κ1) is 15.3. The second kappa shape index (κ2) is 8.35. The number of rotatable bonds is 8. The van der Waals surface area contributed by atoms with Crippen LogP contribution in [0.15, 0.2) is 18.2 Å². The molecule has 0 saturated carbocycles. The van der Waals surface area contributed by atoms with Crippen molar-refractivity contribution in [2.24, 2.45) is 5.73 Å². The molecule has 0 aliphatic carbocycles. The van der Waals surface area contributed by atoms with Gasteiger partial charge in [-0.2, -0.15) is 0 Å². The van der Waals surface area contributed by atoms with Gasteiger partial charge in [0.2, 0.25) is 0 Å². The average molecular weight is 271 g/mol. The first-order chi connectivity index (χ1) is 8.72. The smallest absolute Gasteiger partial charge is 0.0641 e. The third-order valence-corrected chi connectivity index (χ3v) is 3.12. The number of nitrogens with two attached hydrogens (primary N) is 1. The molecule has 2 N–H and O–H groups in total. The summed E-state index contributed by atoms with van der Waals surface area (Å²) in [6, 6.07) is 6.01. The van der Waals surface area contributed by atoms with E-state index in [9.17, 15) is 0 Å². The lowest BCUT2D eigenvalue weighted by atomic mass is 10.1. The summed E-state index contributed by atoms with van der Waals surface area (Å²) < 4.78 is 5.42. The van der Waals surface area contributed by atoms with Crippen molar-refractivity contribution in [3.8, 4) is 0 Å². The van der Waals surface area contributed by atoms with Crippen LogP contribution in [0.25, 0.3) is 0 Å². The largest absolute Gasteiger partial charge is 0.380 e. The van der Waals surface area contributed by atoms with Gasteiger partial charge in [-0.1, -0.05) is 11.6 Å². The van der Waals surface area contributed by atoms with Crippen molar-refractivity contribution in [3.63, 3.8) is 0 Å². The number of hydrogen-bond donors (Lipinski definition) is 1. The second-order valence-electron chi connectivity index (χ2n) is 4.09. The van der Waals surface area contributed by atoms with Crippen LogP contribution in [0.5, 0.6) is 0 Å². The minimum absolute atomic E-state index is 0.635. The van der Waals surface area contributed by atoms with Crippen LogP contribution in [0.4, 0.5) is 5.69 Å². The Morgan fingerprint density at radius 2 is 2.11 bits per heavy atom. The van der Waals surface area contributed by atoms with Gasteiger partial charge in [0.15, 0.2) is 0 Å². The van der Waals surface area contributed by atoms with Crippen LogP contribution in [0.1, 0.15) is 19.4 Å². The van der Waals surface area contributed by atoms with Gasteiger partial charge in [-0.05, 0) is 50.6 Å². The van der Waals surface area contributed by atoms with E-state index in [1.54, 1.807) is 0 Å². The van der Waals surface area contributed by atoms with Crippen LogP contribution in [0, 0.1) is 0 Å². The van der Waals surface area contributed by atoms with Gasteiger partial charge < -0.3 is 15.4 Å². The van der Waals surface area contributed by atoms with Gasteiger partial charge in [0.1, 0.15) is 0 Å². The lowest BCUT2D eigenvalue weighted by Crippen LogP contribution is -2.28. The molecular weight excluding hydrogens is 248 g/mol. The Bertz CT molecular complexity index is 358. The van der Waals surface area contributed by atoms with E-state index >= 15 is 0 Å². The number of likely N-dealkylation sites (N-methyl/N-ethyl adjacent to an activating group) is 1. The van der Waals surface area contributed by atoms with Crippen molar-refractivity contribution < 1.29 is 4.74 Å². The van der Waals surface area contributed by atoms with Gasteiger partial charge in [0, 0.05) is 30.4 Å². The molecule has 0 aliphatic rings. The van der Waals surface area contributed by atoms with Crippen molar-refractivity contribution in [1.82, 2.24) is 0 Å². The number of anilines is 1. The molecule has 0 unspecified atom stereocenters. The van der Waals surface area contributed by atoms with Crippen molar-refractivity contribution >= 4 is 17.3 Å². The molecule has 0 fully saturated rings. The monoisotopic (exact) mass is 270 g/mol. The molecule has 3 nitrogen and oxygen atoms in total. The topological polar surface area (TPSA) is 38.5 Å². The van der Waals surface area contributed by atoms with Crippen molar-refractivity contribution in [1.29, 1.82) is 0 Å². The van der Waals surface area contributed by atoms with E-state index in [2.05, 4.69) is 17.9 Å². The van der Waals surface area contributed by atoms with Crippen LogP contribution in [0.2, 0.25) is 5.02 Å². The number of hydrogen-bond acceptors (Lipinski definition) is 3. The Labute approximate surface area is 115 Å². The highest BCUT2D eigenvalue weighted by atomic mass is 35.5. The summed E-state index contributed by atoms with van der Waals surface area (Å²) in [5, 5.41) is 0.767. The van der Waals surface area contributed by atoms with Crippen molar-refractivity contribution in [3.05, 3.63) is 28.8 Å². The van der Waals surface area contributed by atoms with Crippen LogP contribution in [-0.4, -0.2) is 32.8 Å². The van der Waals surface area contributed by atoms with Crippen LogP contribution in [0.3, 0.4) is 0 Å². The van der Waals surface area contributed by atoms with E-state index in [-0.39, 0.29) is 0 Å². The van der Waals surface area contributed by atoms with Gasteiger partial charge in [0.25, 0.3) is 0 Å². The number of halogens is 1. The second-order valence-corrected chi connectivity index (χ2v) is 4.52. The maximum absolute atomic E-state index is 6.04. The minimum atomic E-state index is 0.635.